The van der Waals surface area contributed by atoms with Gasteiger partial charge in [0.05, 0.1) is 11.6 Å². The first-order chi connectivity index (χ1) is 10.0. The van der Waals surface area contributed by atoms with E-state index < -0.39 is 0 Å². The Bertz CT molecular complexity index is 601. The van der Waals surface area contributed by atoms with Crippen molar-refractivity contribution < 1.29 is 0 Å². The second-order valence-corrected chi connectivity index (χ2v) is 6.40. The molecule has 0 spiro atoms. The summed E-state index contributed by atoms with van der Waals surface area (Å²) in [5.74, 6) is 0. The zero-order valence-electron chi connectivity index (χ0n) is 12.9. The molecular formula is C19H22N2. The number of nitrogens with zero attached hydrogens (tertiary/aromatic N) is 1. The number of hydrogen-bond donors (Lipinski definition) is 1. The van der Waals surface area contributed by atoms with Crippen LogP contribution in [0.5, 0.6) is 0 Å². The highest BCUT2D eigenvalue weighted by molar-refractivity contribution is 5.31. The average Bonchev–Trinajstić information content (AvgIpc) is 2.48. The van der Waals surface area contributed by atoms with Crippen LogP contribution >= 0.6 is 0 Å². The fraction of sp³-hybridized carbons (Fsp3) is 0.316. The van der Waals surface area contributed by atoms with Crippen molar-refractivity contribution in [3.8, 4) is 6.07 Å². The lowest BCUT2D eigenvalue weighted by atomic mass is 9.82. The molecule has 0 fully saturated rings. The van der Waals surface area contributed by atoms with E-state index in [9.17, 15) is 0 Å². The molecule has 2 aromatic carbocycles. The summed E-state index contributed by atoms with van der Waals surface area (Å²) >= 11 is 0. The second kappa shape index (κ2) is 6.56. The largest absolute Gasteiger partial charge is 0.305 e. The van der Waals surface area contributed by atoms with Crippen molar-refractivity contribution in [3.63, 3.8) is 0 Å². The molecule has 1 atom stereocenters. The van der Waals surface area contributed by atoms with E-state index in [1.165, 1.54) is 11.1 Å². The Morgan fingerprint density at radius 2 is 1.62 bits per heavy atom. The lowest BCUT2D eigenvalue weighted by molar-refractivity contribution is 0.271. The standard InChI is InChI=1S/C19H22N2/c1-19(2,3)18(17-7-5-4-6-8-17)21-14-16-11-9-15(13-20)10-12-16/h4-12,18,21H,14H2,1-3H3. The summed E-state index contributed by atoms with van der Waals surface area (Å²) in [7, 11) is 0. The highest BCUT2D eigenvalue weighted by Gasteiger charge is 2.25. The first-order valence-corrected chi connectivity index (χ1v) is 7.28. The zero-order chi connectivity index (χ0) is 15.3. The summed E-state index contributed by atoms with van der Waals surface area (Å²) in [5.41, 5.74) is 3.33. The van der Waals surface area contributed by atoms with Crippen molar-refractivity contribution in [1.29, 1.82) is 5.26 Å². The third kappa shape index (κ3) is 4.18. The minimum absolute atomic E-state index is 0.133. The maximum atomic E-state index is 8.84. The number of rotatable bonds is 4. The van der Waals surface area contributed by atoms with Gasteiger partial charge in [-0.25, -0.2) is 0 Å². The van der Waals surface area contributed by atoms with Crippen LogP contribution in [0, 0.1) is 16.7 Å². The molecule has 1 unspecified atom stereocenters. The molecule has 0 bridgehead atoms. The van der Waals surface area contributed by atoms with Crippen molar-refractivity contribution in [2.45, 2.75) is 33.4 Å². The van der Waals surface area contributed by atoms with Gasteiger partial charge >= 0.3 is 0 Å². The van der Waals surface area contributed by atoms with Crippen molar-refractivity contribution in [1.82, 2.24) is 5.32 Å². The Hall–Kier alpha value is -2.11. The van der Waals surface area contributed by atoms with E-state index in [2.05, 4.69) is 56.4 Å². The van der Waals surface area contributed by atoms with Crippen molar-refractivity contribution in [2.24, 2.45) is 5.41 Å². The van der Waals surface area contributed by atoms with Crippen LogP contribution in [0.15, 0.2) is 54.6 Å². The van der Waals surface area contributed by atoms with Gasteiger partial charge in [0.2, 0.25) is 0 Å². The van der Waals surface area contributed by atoms with Crippen LogP contribution in [0.2, 0.25) is 0 Å². The molecule has 0 aliphatic heterocycles. The molecule has 2 heteroatoms. The van der Waals surface area contributed by atoms with Gasteiger partial charge in [0, 0.05) is 12.6 Å². The maximum absolute atomic E-state index is 8.84. The Balaban J connectivity index is 2.11. The highest BCUT2D eigenvalue weighted by Crippen LogP contribution is 2.32. The van der Waals surface area contributed by atoms with Crippen LogP contribution in [-0.2, 0) is 6.54 Å². The molecule has 21 heavy (non-hydrogen) atoms. The minimum atomic E-state index is 0.133. The summed E-state index contributed by atoms with van der Waals surface area (Å²) in [6.45, 7) is 7.53. The molecule has 0 saturated carbocycles. The Morgan fingerprint density at radius 3 is 2.14 bits per heavy atom. The van der Waals surface area contributed by atoms with E-state index in [0.717, 1.165) is 6.54 Å². The van der Waals surface area contributed by atoms with Crippen molar-refractivity contribution in [2.75, 3.05) is 0 Å². The monoisotopic (exact) mass is 278 g/mol. The van der Waals surface area contributed by atoms with Gasteiger partial charge in [0.25, 0.3) is 0 Å². The first-order valence-electron chi connectivity index (χ1n) is 7.28. The molecule has 0 aliphatic carbocycles. The Morgan fingerprint density at radius 1 is 1.00 bits per heavy atom. The van der Waals surface area contributed by atoms with Gasteiger partial charge in [0.1, 0.15) is 0 Å². The van der Waals surface area contributed by atoms with Gasteiger partial charge in [-0.1, -0.05) is 63.2 Å². The third-order valence-electron chi connectivity index (χ3n) is 3.59. The van der Waals surface area contributed by atoms with Crippen LogP contribution in [0.3, 0.4) is 0 Å². The molecule has 2 aromatic rings. The van der Waals surface area contributed by atoms with Crippen LogP contribution in [0.1, 0.15) is 43.5 Å². The van der Waals surface area contributed by atoms with Gasteiger partial charge in [-0.2, -0.15) is 5.26 Å². The summed E-state index contributed by atoms with van der Waals surface area (Å²) < 4.78 is 0. The topological polar surface area (TPSA) is 35.8 Å². The quantitative estimate of drug-likeness (QED) is 0.897. The smallest absolute Gasteiger partial charge is 0.0991 e. The fourth-order valence-electron chi connectivity index (χ4n) is 2.49. The van der Waals surface area contributed by atoms with E-state index >= 15 is 0 Å². The zero-order valence-corrected chi connectivity index (χ0v) is 12.9. The van der Waals surface area contributed by atoms with Crippen LogP contribution < -0.4 is 5.32 Å². The lowest BCUT2D eigenvalue weighted by Gasteiger charge is -2.32. The van der Waals surface area contributed by atoms with E-state index in [-0.39, 0.29) is 11.5 Å². The lowest BCUT2D eigenvalue weighted by Crippen LogP contribution is -2.32. The molecule has 1 N–H and O–H groups in total. The number of nitrogens with one attached hydrogen (secondary N) is 1. The molecular weight excluding hydrogens is 256 g/mol. The van der Waals surface area contributed by atoms with Crippen molar-refractivity contribution in [3.05, 3.63) is 71.3 Å². The second-order valence-electron chi connectivity index (χ2n) is 6.40. The molecule has 0 aliphatic rings. The molecule has 0 heterocycles. The highest BCUT2D eigenvalue weighted by atomic mass is 14.9. The van der Waals surface area contributed by atoms with E-state index in [1.807, 2.05) is 30.3 Å². The predicted molar refractivity (Wildman–Crippen MR) is 86.6 cm³/mol. The summed E-state index contributed by atoms with van der Waals surface area (Å²) in [5, 5.41) is 12.5. The SMILES string of the molecule is CC(C)(C)C(NCc1ccc(C#N)cc1)c1ccccc1. The molecule has 2 nitrogen and oxygen atoms in total. The van der Waals surface area contributed by atoms with Gasteiger partial charge < -0.3 is 5.32 Å². The van der Waals surface area contributed by atoms with Gasteiger partial charge in [-0.3, -0.25) is 0 Å². The van der Waals surface area contributed by atoms with Crippen molar-refractivity contribution >= 4 is 0 Å². The van der Waals surface area contributed by atoms with Crippen LogP contribution in [0.4, 0.5) is 0 Å². The minimum Gasteiger partial charge on any atom is -0.305 e. The molecule has 108 valence electrons. The predicted octanol–water partition coefficient (Wildman–Crippen LogP) is 4.44. The normalized spacial score (nSPS) is 12.7. The van der Waals surface area contributed by atoms with Crippen LogP contribution in [0.25, 0.3) is 0 Å². The molecule has 0 amide bonds. The number of nitriles is 1. The molecule has 0 radical (unpaired) electrons. The summed E-state index contributed by atoms with van der Waals surface area (Å²) in [4.78, 5) is 0. The molecule has 0 aromatic heterocycles. The van der Waals surface area contributed by atoms with Gasteiger partial charge in [-0.05, 0) is 28.7 Å². The molecule has 0 saturated heterocycles. The Kier molecular flexibility index (Phi) is 4.77. The van der Waals surface area contributed by atoms with Crippen LogP contribution in [-0.4, -0.2) is 0 Å². The first kappa shape index (κ1) is 15.3. The number of hydrogen-bond acceptors (Lipinski definition) is 2. The van der Waals surface area contributed by atoms with Gasteiger partial charge in [0.15, 0.2) is 0 Å². The van der Waals surface area contributed by atoms with Gasteiger partial charge in [-0.15, -0.1) is 0 Å². The third-order valence-corrected chi connectivity index (χ3v) is 3.59. The molecule has 2 rings (SSSR count). The van der Waals surface area contributed by atoms with E-state index in [1.54, 1.807) is 0 Å². The fourth-order valence-corrected chi connectivity index (χ4v) is 2.49. The Labute approximate surface area is 127 Å². The maximum Gasteiger partial charge on any atom is 0.0991 e. The average molecular weight is 278 g/mol. The number of benzene rings is 2. The van der Waals surface area contributed by atoms with E-state index in [0.29, 0.717) is 5.56 Å². The summed E-state index contributed by atoms with van der Waals surface area (Å²) in [6.07, 6.45) is 0. The van der Waals surface area contributed by atoms with E-state index in [4.69, 9.17) is 5.26 Å². The summed E-state index contributed by atoms with van der Waals surface area (Å²) in [6, 6.07) is 20.7.